The van der Waals surface area contributed by atoms with E-state index < -0.39 is 0 Å². The number of nitrogens with one attached hydrogen (secondary N) is 2. The SMILES string of the molecule is COc1ccc(CNc2nccc3c2NCCO3)cc1. The molecule has 2 N–H and O–H groups in total. The first kappa shape index (κ1) is 12.6. The van der Waals surface area contributed by atoms with Gasteiger partial charge in [0.05, 0.1) is 7.11 Å². The van der Waals surface area contributed by atoms with E-state index in [9.17, 15) is 0 Å². The lowest BCUT2D eigenvalue weighted by atomic mass is 10.2. The third kappa shape index (κ3) is 2.61. The second-order valence-electron chi connectivity index (χ2n) is 4.51. The van der Waals surface area contributed by atoms with E-state index in [1.807, 2.05) is 30.3 Å². The van der Waals surface area contributed by atoms with Crippen LogP contribution < -0.4 is 20.1 Å². The van der Waals surface area contributed by atoms with Crippen LogP contribution in [-0.2, 0) is 6.54 Å². The highest BCUT2D eigenvalue weighted by Crippen LogP contribution is 2.32. The van der Waals surface area contributed by atoms with Gasteiger partial charge in [-0.25, -0.2) is 4.98 Å². The van der Waals surface area contributed by atoms with E-state index in [1.54, 1.807) is 13.3 Å². The predicted octanol–water partition coefficient (Wildman–Crippen LogP) is 2.51. The minimum atomic E-state index is 0.689. The first-order valence-electron chi connectivity index (χ1n) is 6.59. The summed E-state index contributed by atoms with van der Waals surface area (Å²) in [6.07, 6.45) is 1.75. The summed E-state index contributed by atoms with van der Waals surface area (Å²) in [5.41, 5.74) is 2.11. The number of fused-ring (bicyclic) bond motifs is 1. The zero-order valence-electron chi connectivity index (χ0n) is 11.3. The van der Waals surface area contributed by atoms with Gasteiger partial charge in [0.1, 0.15) is 23.8 Å². The summed E-state index contributed by atoms with van der Waals surface area (Å²) in [4.78, 5) is 4.36. The molecule has 3 rings (SSSR count). The van der Waals surface area contributed by atoms with E-state index in [-0.39, 0.29) is 0 Å². The van der Waals surface area contributed by atoms with Crippen molar-refractivity contribution in [1.82, 2.24) is 4.98 Å². The molecule has 0 saturated carbocycles. The number of benzene rings is 1. The number of hydrogen-bond acceptors (Lipinski definition) is 5. The predicted molar refractivity (Wildman–Crippen MR) is 78.5 cm³/mol. The molecule has 0 saturated heterocycles. The zero-order chi connectivity index (χ0) is 13.8. The molecule has 20 heavy (non-hydrogen) atoms. The molecule has 0 spiro atoms. The minimum Gasteiger partial charge on any atom is -0.497 e. The monoisotopic (exact) mass is 271 g/mol. The van der Waals surface area contributed by atoms with Crippen molar-refractivity contribution < 1.29 is 9.47 Å². The van der Waals surface area contributed by atoms with Crippen molar-refractivity contribution in [2.75, 3.05) is 30.9 Å². The normalized spacial score (nSPS) is 12.8. The summed E-state index contributed by atoms with van der Waals surface area (Å²) in [7, 11) is 1.67. The van der Waals surface area contributed by atoms with Gasteiger partial charge in [-0.15, -0.1) is 0 Å². The number of rotatable bonds is 4. The van der Waals surface area contributed by atoms with E-state index in [4.69, 9.17) is 9.47 Å². The van der Waals surface area contributed by atoms with Crippen LogP contribution in [0.4, 0.5) is 11.5 Å². The molecule has 2 heterocycles. The number of ether oxygens (including phenoxy) is 2. The maximum absolute atomic E-state index is 5.59. The van der Waals surface area contributed by atoms with Crippen LogP contribution in [0, 0.1) is 0 Å². The largest absolute Gasteiger partial charge is 0.497 e. The number of nitrogens with zero attached hydrogens (tertiary/aromatic N) is 1. The zero-order valence-corrected chi connectivity index (χ0v) is 11.3. The van der Waals surface area contributed by atoms with Crippen molar-refractivity contribution in [2.45, 2.75) is 6.54 Å². The van der Waals surface area contributed by atoms with Gasteiger partial charge < -0.3 is 20.1 Å². The molecule has 0 aliphatic carbocycles. The first-order chi connectivity index (χ1) is 9.86. The Labute approximate surface area is 117 Å². The van der Waals surface area contributed by atoms with Crippen LogP contribution in [0.2, 0.25) is 0 Å². The average molecular weight is 271 g/mol. The highest BCUT2D eigenvalue weighted by molar-refractivity contribution is 5.72. The standard InChI is InChI=1S/C15H17N3O2/c1-19-12-4-2-11(3-5-12)10-18-15-14-13(6-7-17-15)20-9-8-16-14/h2-7,16H,8-10H2,1H3,(H,17,18). The molecule has 1 aliphatic rings. The summed E-state index contributed by atoms with van der Waals surface area (Å²) in [5, 5.41) is 6.65. The third-order valence-corrected chi connectivity index (χ3v) is 3.19. The molecule has 1 aromatic carbocycles. The molecule has 0 unspecified atom stereocenters. The fourth-order valence-corrected chi connectivity index (χ4v) is 2.14. The van der Waals surface area contributed by atoms with Gasteiger partial charge in [0.15, 0.2) is 5.82 Å². The molecular weight excluding hydrogens is 254 g/mol. The van der Waals surface area contributed by atoms with Crippen molar-refractivity contribution in [2.24, 2.45) is 0 Å². The molecule has 2 aromatic rings. The van der Waals surface area contributed by atoms with E-state index >= 15 is 0 Å². The highest BCUT2D eigenvalue weighted by atomic mass is 16.5. The van der Waals surface area contributed by atoms with Gasteiger partial charge in [0.2, 0.25) is 0 Å². The Morgan fingerprint density at radius 1 is 1.30 bits per heavy atom. The van der Waals surface area contributed by atoms with Crippen molar-refractivity contribution >= 4 is 11.5 Å². The summed E-state index contributed by atoms with van der Waals surface area (Å²) in [5.74, 6) is 2.53. The summed E-state index contributed by atoms with van der Waals surface area (Å²) >= 11 is 0. The summed E-state index contributed by atoms with van der Waals surface area (Å²) < 4.78 is 10.7. The van der Waals surface area contributed by atoms with Gasteiger partial charge >= 0.3 is 0 Å². The molecule has 0 atom stereocenters. The van der Waals surface area contributed by atoms with Crippen LogP contribution >= 0.6 is 0 Å². The lowest BCUT2D eigenvalue weighted by Gasteiger charge is -2.21. The average Bonchev–Trinajstić information content (AvgIpc) is 2.53. The number of aromatic nitrogens is 1. The molecule has 5 nitrogen and oxygen atoms in total. The second-order valence-corrected chi connectivity index (χ2v) is 4.51. The molecule has 0 bridgehead atoms. The van der Waals surface area contributed by atoms with Crippen LogP contribution in [0.25, 0.3) is 0 Å². The number of hydrogen-bond donors (Lipinski definition) is 2. The molecule has 1 aliphatic heterocycles. The van der Waals surface area contributed by atoms with Gasteiger partial charge in [0, 0.05) is 25.4 Å². The Morgan fingerprint density at radius 3 is 2.95 bits per heavy atom. The quantitative estimate of drug-likeness (QED) is 0.895. The van der Waals surface area contributed by atoms with Crippen LogP contribution in [-0.4, -0.2) is 25.2 Å². The highest BCUT2D eigenvalue weighted by Gasteiger charge is 2.14. The van der Waals surface area contributed by atoms with Gasteiger partial charge in [-0.3, -0.25) is 0 Å². The topological polar surface area (TPSA) is 55.4 Å². The molecule has 1 aromatic heterocycles. The fourth-order valence-electron chi connectivity index (χ4n) is 2.14. The van der Waals surface area contributed by atoms with Crippen molar-refractivity contribution in [3.8, 4) is 11.5 Å². The lowest BCUT2D eigenvalue weighted by Crippen LogP contribution is -2.19. The Bertz CT molecular complexity index is 584. The van der Waals surface area contributed by atoms with Gasteiger partial charge in [-0.05, 0) is 17.7 Å². The molecule has 0 fully saturated rings. The van der Waals surface area contributed by atoms with E-state index in [2.05, 4.69) is 15.6 Å². The number of anilines is 2. The Hall–Kier alpha value is -2.43. The molecule has 5 heteroatoms. The van der Waals surface area contributed by atoms with Crippen LogP contribution in [0.15, 0.2) is 36.5 Å². The summed E-state index contributed by atoms with van der Waals surface area (Å²) in [6.45, 7) is 2.19. The van der Waals surface area contributed by atoms with Crippen LogP contribution in [0.5, 0.6) is 11.5 Å². The Kier molecular flexibility index (Phi) is 3.58. The van der Waals surface area contributed by atoms with Crippen LogP contribution in [0.3, 0.4) is 0 Å². The van der Waals surface area contributed by atoms with Gasteiger partial charge in [-0.1, -0.05) is 12.1 Å². The lowest BCUT2D eigenvalue weighted by molar-refractivity contribution is 0.323. The molecule has 104 valence electrons. The van der Waals surface area contributed by atoms with E-state index in [0.29, 0.717) is 13.2 Å². The smallest absolute Gasteiger partial charge is 0.153 e. The molecular formula is C15H17N3O2. The van der Waals surface area contributed by atoms with Gasteiger partial charge in [0.25, 0.3) is 0 Å². The van der Waals surface area contributed by atoms with E-state index in [1.165, 1.54) is 5.56 Å². The Morgan fingerprint density at radius 2 is 2.15 bits per heavy atom. The third-order valence-electron chi connectivity index (χ3n) is 3.19. The minimum absolute atomic E-state index is 0.689. The maximum atomic E-state index is 5.59. The molecule has 0 amide bonds. The fraction of sp³-hybridized carbons (Fsp3) is 0.267. The maximum Gasteiger partial charge on any atom is 0.153 e. The van der Waals surface area contributed by atoms with Gasteiger partial charge in [-0.2, -0.15) is 0 Å². The number of methoxy groups -OCH3 is 1. The first-order valence-corrected chi connectivity index (χ1v) is 6.59. The second kappa shape index (κ2) is 5.69. The van der Waals surface area contributed by atoms with Crippen LogP contribution in [0.1, 0.15) is 5.56 Å². The van der Waals surface area contributed by atoms with Crippen molar-refractivity contribution in [3.05, 3.63) is 42.1 Å². The number of pyridine rings is 1. The van der Waals surface area contributed by atoms with E-state index in [0.717, 1.165) is 29.5 Å². The molecule has 0 radical (unpaired) electrons. The van der Waals surface area contributed by atoms with Crippen molar-refractivity contribution in [1.29, 1.82) is 0 Å². The Balaban J connectivity index is 1.71. The van der Waals surface area contributed by atoms with Crippen molar-refractivity contribution in [3.63, 3.8) is 0 Å². The summed E-state index contributed by atoms with van der Waals surface area (Å²) in [6, 6.07) is 9.84.